The van der Waals surface area contributed by atoms with Crippen molar-refractivity contribution in [1.82, 2.24) is 10.3 Å². The smallest absolute Gasteiger partial charge is 0.407 e. The van der Waals surface area contributed by atoms with Crippen LogP contribution in [0.5, 0.6) is 0 Å². The molecule has 1 amide bonds. The lowest BCUT2D eigenvalue weighted by molar-refractivity contribution is 0.167. The van der Waals surface area contributed by atoms with E-state index in [1.807, 2.05) is 4.90 Å². The van der Waals surface area contributed by atoms with E-state index in [1.54, 1.807) is 13.1 Å². The summed E-state index contributed by atoms with van der Waals surface area (Å²) in [6.45, 7) is 1.39. The highest BCUT2D eigenvalue weighted by Gasteiger charge is 2.27. The molecule has 1 aliphatic rings. The van der Waals surface area contributed by atoms with Crippen LogP contribution >= 0.6 is 23.2 Å². The third-order valence-electron chi connectivity index (χ3n) is 3.14. The number of anilines is 2. The zero-order valence-corrected chi connectivity index (χ0v) is 12.8. The van der Waals surface area contributed by atoms with E-state index in [1.165, 1.54) is 7.11 Å². The average molecular weight is 319 g/mol. The van der Waals surface area contributed by atoms with Crippen molar-refractivity contribution in [2.75, 3.05) is 37.5 Å². The van der Waals surface area contributed by atoms with Crippen molar-refractivity contribution in [3.8, 4) is 0 Å². The van der Waals surface area contributed by atoms with Crippen LogP contribution in [0.3, 0.4) is 0 Å². The summed E-state index contributed by atoms with van der Waals surface area (Å²) in [5.41, 5.74) is 0. The molecule has 6 nitrogen and oxygen atoms in total. The van der Waals surface area contributed by atoms with E-state index >= 15 is 0 Å². The van der Waals surface area contributed by atoms with Crippen molar-refractivity contribution in [2.45, 2.75) is 12.5 Å². The Morgan fingerprint density at radius 3 is 2.90 bits per heavy atom. The third kappa shape index (κ3) is 3.19. The van der Waals surface area contributed by atoms with Gasteiger partial charge in [0.1, 0.15) is 11.6 Å². The first-order valence-corrected chi connectivity index (χ1v) is 6.94. The van der Waals surface area contributed by atoms with Crippen LogP contribution < -0.4 is 15.5 Å². The van der Waals surface area contributed by atoms with Gasteiger partial charge in [0.05, 0.1) is 23.2 Å². The predicted octanol–water partition coefficient (Wildman–Crippen LogP) is 2.36. The van der Waals surface area contributed by atoms with Crippen LogP contribution in [-0.4, -0.2) is 44.4 Å². The molecule has 0 spiro atoms. The fourth-order valence-corrected chi connectivity index (χ4v) is 2.72. The second-order valence-electron chi connectivity index (χ2n) is 4.44. The van der Waals surface area contributed by atoms with Crippen molar-refractivity contribution in [2.24, 2.45) is 0 Å². The van der Waals surface area contributed by atoms with Gasteiger partial charge in [0.15, 0.2) is 0 Å². The number of methoxy groups -OCH3 is 1. The number of pyridine rings is 1. The molecule has 2 rings (SSSR count). The van der Waals surface area contributed by atoms with Crippen molar-refractivity contribution in [1.29, 1.82) is 0 Å². The van der Waals surface area contributed by atoms with Gasteiger partial charge in [-0.2, -0.15) is 0 Å². The van der Waals surface area contributed by atoms with Crippen LogP contribution in [0.2, 0.25) is 10.0 Å². The van der Waals surface area contributed by atoms with Gasteiger partial charge in [0.2, 0.25) is 0 Å². The van der Waals surface area contributed by atoms with Crippen LogP contribution in [0.4, 0.5) is 16.4 Å². The Morgan fingerprint density at radius 2 is 2.25 bits per heavy atom. The number of carbonyl (C=O) groups excluding carboxylic acids is 1. The molecule has 1 atom stereocenters. The molecule has 1 saturated heterocycles. The van der Waals surface area contributed by atoms with Gasteiger partial charge in [-0.15, -0.1) is 0 Å². The number of rotatable bonds is 3. The summed E-state index contributed by atoms with van der Waals surface area (Å²) in [6, 6.07) is 1.69. The number of amides is 1. The molecule has 2 N–H and O–H groups in total. The number of aromatic nitrogens is 1. The number of carbonyl (C=O) groups is 1. The van der Waals surface area contributed by atoms with Crippen molar-refractivity contribution < 1.29 is 9.53 Å². The minimum Gasteiger partial charge on any atom is -0.453 e. The van der Waals surface area contributed by atoms with Crippen molar-refractivity contribution >= 4 is 40.9 Å². The molecule has 20 heavy (non-hydrogen) atoms. The standard InChI is InChI=1S/C12H16Cl2N4O2/c1-15-10-8(13)5-9(14)11(17-10)18-4-3-7(6-18)16-12(19)20-2/h5,7H,3-4,6H2,1-2H3,(H,15,17)(H,16,19). The van der Waals surface area contributed by atoms with E-state index in [4.69, 9.17) is 23.2 Å². The summed E-state index contributed by atoms with van der Waals surface area (Å²) < 4.78 is 4.59. The Balaban J connectivity index is 2.11. The molecule has 0 saturated carbocycles. The lowest BCUT2D eigenvalue weighted by Gasteiger charge is -2.20. The molecular formula is C12H16Cl2N4O2. The number of hydrogen-bond donors (Lipinski definition) is 2. The van der Waals surface area contributed by atoms with Gasteiger partial charge in [-0.05, 0) is 12.5 Å². The van der Waals surface area contributed by atoms with Gasteiger partial charge in [-0.1, -0.05) is 23.2 Å². The van der Waals surface area contributed by atoms with Crippen molar-refractivity contribution in [3.05, 3.63) is 16.1 Å². The molecule has 110 valence electrons. The Bertz CT molecular complexity index is 512. The molecular weight excluding hydrogens is 303 g/mol. The molecule has 1 aromatic heterocycles. The topological polar surface area (TPSA) is 66.5 Å². The van der Waals surface area contributed by atoms with Gasteiger partial charge >= 0.3 is 6.09 Å². The van der Waals surface area contributed by atoms with Gasteiger partial charge in [-0.25, -0.2) is 9.78 Å². The van der Waals surface area contributed by atoms with E-state index in [0.29, 0.717) is 28.2 Å². The van der Waals surface area contributed by atoms with E-state index in [9.17, 15) is 4.79 Å². The monoisotopic (exact) mass is 318 g/mol. The van der Waals surface area contributed by atoms with Gasteiger partial charge < -0.3 is 20.3 Å². The summed E-state index contributed by atoms with van der Waals surface area (Å²) in [5.74, 6) is 1.24. The highest BCUT2D eigenvalue weighted by atomic mass is 35.5. The van der Waals surface area contributed by atoms with Crippen LogP contribution in [0.25, 0.3) is 0 Å². The second kappa shape index (κ2) is 6.37. The summed E-state index contributed by atoms with van der Waals surface area (Å²) in [5, 5.41) is 6.66. The second-order valence-corrected chi connectivity index (χ2v) is 5.26. The first kappa shape index (κ1) is 15.0. The molecule has 1 fully saturated rings. The van der Waals surface area contributed by atoms with Crippen LogP contribution in [0.1, 0.15) is 6.42 Å². The molecule has 2 heterocycles. The Hall–Kier alpha value is -1.40. The van der Waals surface area contributed by atoms with E-state index in [0.717, 1.165) is 13.0 Å². The third-order valence-corrected chi connectivity index (χ3v) is 3.71. The number of alkyl carbamates (subject to hydrolysis) is 1. The molecule has 0 aromatic carbocycles. The lowest BCUT2D eigenvalue weighted by Crippen LogP contribution is -2.37. The van der Waals surface area contributed by atoms with Crippen LogP contribution in [0, 0.1) is 0 Å². The Kier molecular flexibility index (Phi) is 4.77. The Morgan fingerprint density at radius 1 is 1.50 bits per heavy atom. The highest BCUT2D eigenvalue weighted by molar-refractivity contribution is 6.37. The van der Waals surface area contributed by atoms with Crippen LogP contribution in [-0.2, 0) is 4.74 Å². The van der Waals surface area contributed by atoms with Crippen LogP contribution in [0.15, 0.2) is 6.07 Å². The van der Waals surface area contributed by atoms with E-state index in [-0.39, 0.29) is 6.04 Å². The molecule has 8 heteroatoms. The molecule has 1 unspecified atom stereocenters. The highest BCUT2D eigenvalue weighted by Crippen LogP contribution is 2.32. The predicted molar refractivity (Wildman–Crippen MR) is 80.0 cm³/mol. The van der Waals surface area contributed by atoms with Gasteiger partial charge in [0, 0.05) is 20.1 Å². The maximum Gasteiger partial charge on any atom is 0.407 e. The minimum absolute atomic E-state index is 0.0223. The normalized spacial score (nSPS) is 18.0. The fourth-order valence-electron chi connectivity index (χ4n) is 2.15. The summed E-state index contributed by atoms with van der Waals surface area (Å²) in [4.78, 5) is 17.6. The zero-order valence-electron chi connectivity index (χ0n) is 11.2. The fraction of sp³-hybridized carbons (Fsp3) is 0.500. The maximum absolute atomic E-state index is 11.2. The van der Waals surface area contributed by atoms with Gasteiger partial charge in [-0.3, -0.25) is 0 Å². The zero-order chi connectivity index (χ0) is 14.7. The largest absolute Gasteiger partial charge is 0.453 e. The molecule has 0 radical (unpaired) electrons. The maximum atomic E-state index is 11.2. The SMILES string of the molecule is CNc1nc(N2CCC(NC(=O)OC)C2)c(Cl)cc1Cl. The first-order valence-electron chi connectivity index (χ1n) is 6.18. The minimum atomic E-state index is -0.428. The summed E-state index contributed by atoms with van der Waals surface area (Å²) >= 11 is 12.2. The molecule has 0 bridgehead atoms. The van der Waals surface area contributed by atoms with Gasteiger partial charge in [0.25, 0.3) is 0 Å². The molecule has 0 aliphatic carbocycles. The van der Waals surface area contributed by atoms with Crippen molar-refractivity contribution in [3.63, 3.8) is 0 Å². The number of nitrogens with zero attached hydrogens (tertiary/aromatic N) is 2. The quantitative estimate of drug-likeness (QED) is 0.895. The molecule has 1 aliphatic heterocycles. The summed E-state index contributed by atoms with van der Waals surface area (Å²) in [7, 11) is 3.09. The van der Waals surface area contributed by atoms with E-state index in [2.05, 4.69) is 20.4 Å². The number of nitrogens with one attached hydrogen (secondary N) is 2. The average Bonchev–Trinajstić information content (AvgIpc) is 2.87. The Labute approximate surface area is 127 Å². The number of hydrogen-bond acceptors (Lipinski definition) is 5. The van der Waals surface area contributed by atoms with E-state index < -0.39 is 6.09 Å². The lowest BCUT2D eigenvalue weighted by atomic mass is 10.3. The first-order chi connectivity index (χ1) is 9.55. The number of halogens is 2. The summed E-state index contributed by atoms with van der Waals surface area (Å²) in [6.07, 6.45) is 0.382. The molecule has 1 aromatic rings. The number of ether oxygens (including phenoxy) is 1.